The highest BCUT2D eigenvalue weighted by atomic mass is 32.2. The van der Waals surface area contributed by atoms with Crippen LogP contribution in [0.3, 0.4) is 0 Å². The Morgan fingerprint density at radius 2 is 2.00 bits per heavy atom. The molecule has 3 N–H and O–H groups in total. The van der Waals surface area contributed by atoms with Gasteiger partial charge in [-0.1, -0.05) is 31.5 Å². The molecule has 18 heavy (non-hydrogen) atoms. The van der Waals surface area contributed by atoms with Crippen LogP contribution in [0.1, 0.15) is 38.5 Å². The van der Waals surface area contributed by atoms with Crippen LogP contribution in [0.2, 0.25) is 0 Å². The third-order valence-corrected chi connectivity index (χ3v) is 5.44. The van der Waals surface area contributed by atoms with E-state index >= 15 is 0 Å². The number of hydrogen-bond donors (Lipinski definition) is 2. The van der Waals surface area contributed by atoms with E-state index < -0.39 is 0 Å². The van der Waals surface area contributed by atoms with Crippen molar-refractivity contribution in [2.24, 2.45) is 17.6 Å². The lowest BCUT2D eigenvalue weighted by molar-refractivity contribution is -0.124. The smallest absolute Gasteiger partial charge is 0.224 e. The molecule has 1 aliphatic carbocycles. The third kappa shape index (κ3) is 3.60. The Bertz CT molecular complexity index is 310. The summed E-state index contributed by atoms with van der Waals surface area (Å²) >= 11 is 7.01. The maximum absolute atomic E-state index is 12.2. The predicted molar refractivity (Wildman–Crippen MR) is 80.7 cm³/mol. The van der Waals surface area contributed by atoms with E-state index in [1.807, 2.05) is 11.8 Å². The molecule has 0 bridgehead atoms. The average Bonchev–Trinajstić information content (AvgIpc) is 2.90. The fraction of sp³-hybridized carbons (Fsp3) is 0.846. The Morgan fingerprint density at radius 3 is 2.56 bits per heavy atom. The summed E-state index contributed by atoms with van der Waals surface area (Å²) in [5.41, 5.74) is 5.83. The lowest BCUT2D eigenvalue weighted by Gasteiger charge is -2.30. The predicted octanol–water partition coefficient (Wildman–Crippen LogP) is 2.09. The van der Waals surface area contributed by atoms with Crippen LogP contribution in [0.5, 0.6) is 0 Å². The van der Waals surface area contributed by atoms with Crippen LogP contribution in [0, 0.1) is 11.8 Å². The van der Waals surface area contributed by atoms with E-state index in [1.54, 1.807) is 0 Å². The van der Waals surface area contributed by atoms with Gasteiger partial charge in [0.05, 0.1) is 11.0 Å². The number of thioether (sulfide) groups is 1. The molecule has 102 valence electrons. The van der Waals surface area contributed by atoms with Gasteiger partial charge in [0.2, 0.25) is 5.91 Å². The van der Waals surface area contributed by atoms with Gasteiger partial charge in [-0.25, -0.2) is 0 Å². The lowest BCUT2D eigenvalue weighted by atomic mass is 9.83. The molecule has 2 atom stereocenters. The average molecular weight is 286 g/mol. The molecule has 2 aliphatic rings. The van der Waals surface area contributed by atoms with Crippen molar-refractivity contribution >= 4 is 34.9 Å². The molecule has 1 aliphatic heterocycles. The molecule has 0 aromatic carbocycles. The van der Waals surface area contributed by atoms with E-state index in [-0.39, 0.29) is 17.9 Å². The van der Waals surface area contributed by atoms with E-state index in [4.69, 9.17) is 18.0 Å². The van der Waals surface area contributed by atoms with Crippen molar-refractivity contribution in [2.45, 2.75) is 44.6 Å². The Kier molecular flexibility index (Phi) is 5.30. The summed E-state index contributed by atoms with van der Waals surface area (Å²) in [5.74, 6) is 2.81. The van der Waals surface area contributed by atoms with E-state index in [1.165, 1.54) is 19.3 Å². The van der Waals surface area contributed by atoms with Gasteiger partial charge >= 0.3 is 0 Å². The fourth-order valence-electron chi connectivity index (χ4n) is 2.90. The first kappa shape index (κ1) is 14.1. The third-order valence-electron chi connectivity index (χ3n) is 4.03. The Balaban J connectivity index is 1.92. The summed E-state index contributed by atoms with van der Waals surface area (Å²) in [6, 6.07) is -0.0848. The number of carbonyl (C=O) groups excluding carboxylic acids is 1. The summed E-state index contributed by atoms with van der Waals surface area (Å²) < 4.78 is 0. The van der Waals surface area contributed by atoms with Crippen LogP contribution in [-0.4, -0.2) is 28.4 Å². The molecular weight excluding hydrogens is 264 g/mol. The van der Waals surface area contributed by atoms with Crippen LogP contribution in [0.25, 0.3) is 0 Å². The molecule has 0 aromatic heterocycles. The molecule has 2 fully saturated rings. The van der Waals surface area contributed by atoms with Crippen LogP contribution in [0.4, 0.5) is 0 Å². The molecule has 5 heteroatoms. The lowest BCUT2D eigenvalue weighted by Crippen LogP contribution is -2.50. The van der Waals surface area contributed by atoms with E-state index in [0.29, 0.717) is 10.9 Å². The standard InChI is InChI=1S/C13H22N2OS2/c14-12(17)11(9-4-2-1-3-5-9)15-13(16)10-6-7-18-8-10/h9-11H,1-8H2,(H2,14,17)(H,15,16). The van der Waals surface area contributed by atoms with Crippen molar-refractivity contribution in [2.75, 3.05) is 11.5 Å². The summed E-state index contributed by atoms with van der Waals surface area (Å²) in [6.45, 7) is 0. The minimum absolute atomic E-state index is 0.0848. The SMILES string of the molecule is NC(=S)C(NC(=O)C1CCSC1)C1CCCCC1. The second-order valence-electron chi connectivity index (χ2n) is 5.35. The number of amides is 1. The molecule has 2 rings (SSSR count). The van der Waals surface area contributed by atoms with E-state index in [0.717, 1.165) is 30.8 Å². The highest BCUT2D eigenvalue weighted by Gasteiger charge is 2.30. The molecule has 1 amide bonds. The molecule has 1 saturated heterocycles. The van der Waals surface area contributed by atoms with Crippen molar-refractivity contribution in [1.82, 2.24) is 5.32 Å². The summed E-state index contributed by atoms with van der Waals surface area (Å²) in [5, 5.41) is 3.11. The van der Waals surface area contributed by atoms with Crippen molar-refractivity contribution in [1.29, 1.82) is 0 Å². The molecule has 0 aromatic rings. The summed E-state index contributed by atoms with van der Waals surface area (Å²) in [6.07, 6.45) is 7.04. The van der Waals surface area contributed by atoms with Crippen LogP contribution >= 0.6 is 24.0 Å². The maximum atomic E-state index is 12.2. The number of nitrogens with two attached hydrogens (primary N) is 1. The van der Waals surface area contributed by atoms with Gasteiger partial charge in [-0.3, -0.25) is 4.79 Å². The highest BCUT2D eigenvalue weighted by Crippen LogP contribution is 2.28. The molecule has 1 heterocycles. The largest absolute Gasteiger partial charge is 0.392 e. The van der Waals surface area contributed by atoms with Crippen molar-refractivity contribution in [3.63, 3.8) is 0 Å². The quantitative estimate of drug-likeness (QED) is 0.777. The zero-order valence-electron chi connectivity index (χ0n) is 10.7. The number of thiocarbonyl (C=S) groups is 1. The van der Waals surface area contributed by atoms with E-state index in [9.17, 15) is 4.79 Å². The zero-order valence-corrected chi connectivity index (χ0v) is 12.3. The second-order valence-corrected chi connectivity index (χ2v) is 6.97. The van der Waals surface area contributed by atoms with Gasteiger partial charge in [-0.05, 0) is 30.9 Å². The van der Waals surface area contributed by atoms with Gasteiger partial charge < -0.3 is 11.1 Å². The van der Waals surface area contributed by atoms with Gasteiger partial charge in [0.25, 0.3) is 0 Å². The van der Waals surface area contributed by atoms with Gasteiger partial charge in [-0.2, -0.15) is 11.8 Å². The van der Waals surface area contributed by atoms with Gasteiger partial charge in [0.15, 0.2) is 0 Å². The van der Waals surface area contributed by atoms with Crippen molar-refractivity contribution in [3.8, 4) is 0 Å². The molecule has 1 saturated carbocycles. The molecule has 0 spiro atoms. The Hall–Kier alpha value is -0.290. The van der Waals surface area contributed by atoms with Gasteiger partial charge in [0, 0.05) is 11.7 Å². The van der Waals surface area contributed by atoms with Crippen LogP contribution in [-0.2, 0) is 4.79 Å². The fourth-order valence-corrected chi connectivity index (χ4v) is 4.37. The topological polar surface area (TPSA) is 55.1 Å². The van der Waals surface area contributed by atoms with Gasteiger partial charge in [0.1, 0.15) is 0 Å². The molecule has 3 nitrogen and oxygen atoms in total. The van der Waals surface area contributed by atoms with Crippen molar-refractivity contribution in [3.05, 3.63) is 0 Å². The number of nitrogens with one attached hydrogen (secondary N) is 1. The highest BCUT2D eigenvalue weighted by molar-refractivity contribution is 7.99. The number of rotatable bonds is 4. The Labute approximate surface area is 119 Å². The maximum Gasteiger partial charge on any atom is 0.224 e. The van der Waals surface area contributed by atoms with Gasteiger partial charge in [-0.15, -0.1) is 0 Å². The second kappa shape index (κ2) is 6.75. The first-order valence-corrected chi connectivity index (χ1v) is 8.42. The number of carbonyl (C=O) groups is 1. The normalized spacial score (nSPS) is 26.8. The molecular formula is C13H22N2OS2. The Morgan fingerprint density at radius 1 is 1.28 bits per heavy atom. The molecule has 0 radical (unpaired) electrons. The monoisotopic (exact) mass is 286 g/mol. The van der Waals surface area contributed by atoms with Crippen LogP contribution in [0.15, 0.2) is 0 Å². The minimum Gasteiger partial charge on any atom is -0.392 e. The summed E-state index contributed by atoms with van der Waals surface area (Å²) in [7, 11) is 0. The minimum atomic E-state index is -0.0848. The number of hydrogen-bond acceptors (Lipinski definition) is 3. The first-order chi connectivity index (χ1) is 8.68. The summed E-state index contributed by atoms with van der Waals surface area (Å²) in [4.78, 5) is 12.6. The van der Waals surface area contributed by atoms with Crippen molar-refractivity contribution < 1.29 is 4.79 Å². The van der Waals surface area contributed by atoms with Crippen LogP contribution < -0.4 is 11.1 Å². The zero-order chi connectivity index (χ0) is 13.0. The molecule has 2 unspecified atom stereocenters. The van der Waals surface area contributed by atoms with E-state index in [2.05, 4.69) is 5.32 Å². The first-order valence-electron chi connectivity index (χ1n) is 6.86.